The highest BCUT2D eigenvalue weighted by Crippen LogP contribution is 2.20. The van der Waals surface area contributed by atoms with E-state index in [1.54, 1.807) is 19.1 Å². The Labute approximate surface area is 124 Å². The molecule has 5 nitrogen and oxygen atoms in total. The number of imidazole rings is 1. The zero-order valence-corrected chi connectivity index (χ0v) is 11.7. The lowest BCUT2D eigenvalue weighted by Crippen LogP contribution is -2.16. The molecule has 0 spiro atoms. The van der Waals surface area contributed by atoms with Crippen molar-refractivity contribution in [2.45, 2.75) is 6.92 Å². The molecule has 7 heteroatoms. The third-order valence-electron chi connectivity index (χ3n) is 2.98. The number of aromatic nitrogens is 3. The number of fused-ring (bicyclic) bond motifs is 1. The van der Waals surface area contributed by atoms with Gasteiger partial charge in [-0.05, 0) is 31.2 Å². The molecule has 106 valence electrons. The van der Waals surface area contributed by atoms with E-state index in [1.165, 1.54) is 28.9 Å². The number of pyridine rings is 2. The van der Waals surface area contributed by atoms with E-state index in [1.807, 2.05) is 0 Å². The third kappa shape index (κ3) is 2.45. The number of hydrogen-bond donors (Lipinski definition) is 1. The van der Waals surface area contributed by atoms with E-state index >= 15 is 0 Å². The van der Waals surface area contributed by atoms with Crippen LogP contribution in [0.3, 0.4) is 0 Å². The number of nitrogens with one attached hydrogen (secondary N) is 1. The van der Waals surface area contributed by atoms with Crippen LogP contribution in [0.25, 0.3) is 5.65 Å². The van der Waals surface area contributed by atoms with Crippen molar-refractivity contribution < 1.29 is 9.18 Å². The van der Waals surface area contributed by atoms with Gasteiger partial charge in [0.05, 0.1) is 11.4 Å². The maximum absolute atomic E-state index is 13.4. The van der Waals surface area contributed by atoms with Crippen molar-refractivity contribution in [3.05, 3.63) is 59.0 Å². The lowest BCUT2D eigenvalue weighted by Gasteiger charge is -2.07. The highest BCUT2D eigenvalue weighted by Gasteiger charge is 2.18. The molecule has 1 amide bonds. The Hall–Kier alpha value is -2.47. The first-order valence-corrected chi connectivity index (χ1v) is 6.50. The number of aryl methyl sites for hydroxylation is 1. The summed E-state index contributed by atoms with van der Waals surface area (Å²) in [6.07, 6.45) is 2.74. The smallest absolute Gasteiger partial charge is 0.274 e. The highest BCUT2D eigenvalue weighted by atomic mass is 35.5. The molecule has 0 aliphatic carbocycles. The summed E-state index contributed by atoms with van der Waals surface area (Å²) in [6, 6.07) is 6.09. The van der Waals surface area contributed by atoms with E-state index in [0.717, 1.165) is 0 Å². The van der Waals surface area contributed by atoms with Crippen LogP contribution >= 0.6 is 11.6 Å². The standard InChI is InChI=1S/C14H10ClFN4O/c1-8-12(20-7-9(16)4-5-11(20)18-8)14(21)19-10-3-2-6-17-13(10)15/h2-7H,1H3,(H,19,21). The van der Waals surface area contributed by atoms with Gasteiger partial charge in [0, 0.05) is 12.4 Å². The minimum Gasteiger partial charge on any atom is -0.318 e. The number of amides is 1. The average Bonchev–Trinajstić information content (AvgIpc) is 2.76. The SMILES string of the molecule is Cc1nc2ccc(F)cn2c1C(=O)Nc1cccnc1Cl. The second kappa shape index (κ2) is 5.14. The van der Waals surface area contributed by atoms with Crippen LogP contribution in [0.2, 0.25) is 5.15 Å². The van der Waals surface area contributed by atoms with E-state index in [2.05, 4.69) is 15.3 Å². The topological polar surface area (TPSA) is 59.3 Å². The molecule has 0 fully saturated rings. The first-order chi connectivity index (χ1) is 10.1. The molecule has 3 heterocycles. The van der Waals surface area contributed by atoms with Crippen molar-refractivity contribution in [2.75, 3.05) is 5.32 Å². The molecule has 0 aromatic carbocycles. The molecule has 1 N–H and O–H groups in total. The number of nitrogens with zero attached hydrogens (tertiary/aromatic N) is 3. The van der Waals surface area contributed by atoms with Crippen LogP contribution in [0.15, 0.2) is 36.7 Å². The lowest BCUT2D eigenvalue weighted by atomic mass is 10.3. The zero-order valence-electron chi connectivity index (χ0n) is 11.0. The fourth-order valence-corrected chi connectivity index (χ4v) is 2.24. The predicted molar refractivity (Wildman–Crippen MR) is 77.1 cm³/mol. The second-order valence-corrected chi connectivity index (χ2v) is 4.78. The van der Waals surface area contributed by atoms with Crippen molar-refractivity contribution in [3.8, 4) is 0 Å². The van der Waals surface area contributed by atoms with Gasteiger partial charge in [0.2, 0.25) is 0 Å². The zero-order chi connectivity index (χ0) is 15.0. The van der Waals surface area contributed by atoms with Crippen LogP contribution in [0.1, 0.15) is 16.2 Å². The maximum atomic E-state index is 13.4. The lowest BCUT2D eigenvalue weighted by molar-refractivity contribution is 0.102. The van der Waals surface area contributed by atoms with Gasteiger partial charge in [-0.25, -0.2) is 14.4 Å². The van der Waals surface area contributed by atoms with Crippen molar-refractivity contribution in [2.24, 2.45) is 0 Å². The Kier molecular flexibility index (Phi) is 3.31. The number of carbonyl (C=O) groups excluding carboxylic acids is 1. The molecular weight excluding hydrogens is 295 g/mol. The Morgan fingerprint density at radius 1 is 1.38 bits per heavy atom. The van der Waals surface area contributed by atoms with E-state index < -0.39 is 11.7 Å². The fraction of sp³-hybridized carbons (Fsp3) is 0.0714. The number of hydrogen-bond acceptors (Lipinski definition) is 3. The van der Waals surface area contributed by atoms with Crippen LogP contribution in [0.5, 0.6) is 0 Å². The molecule has 0 aliphatic rings. The van der Waals surface area contributed by atoms with Crippen molar-refractivity contribution >= 4 is 28.8 Å². The number of anilines is 1. The Morgan fingerprint density at radius 3 is 2.95 bits per heavy atom. The molecule has 0 bridgehead atoms. The average molecular weight is 305 g/mol. The normalized spacial score (nSPS) is 10.8. The molecule has 21 heavy (non-hydrogen) atoms. The summed E-state index contributed by atoms with van der Waals surface area (Å²) in [5, 5.41) is 2.83. The molecule has 3 aromatic rings. The summed E-state index contributed by atoms with van der Waals surface area (Å²) in [7, 11) is 0. The first-order valence-electron chi connectivity index (χ1n) is 6.12. The van der Waals surface area contributed by atoms with Crippen LogP contribution in [0.4, 0.5) is 10.1 Å². The van der Waals surface area contributed by atoms with Gasteiger partial charge in [-0.3, -0.25) is 9.20 Å². The summed E-state index contributed by atoms with van der Waals surface area (Å²) in [6.45, 7) is 1.69. The van der Waals surface area contributed by atoms with E-state index in [4.69, 9.17) is 11.6 Å². The number of rotatable bonds is 2. The maximum Gasteiger partial charge on any atom is 0.274 e. The summed E-state index contributed by atoms with van der Waals surface area (Å²) in [5.41, 5.74) is 1.63. The van der Waals surface area contributed by atoms with E-state index in [9.17, 15) is 9.18 Å². The number of halogens is 2. The van der Waals surface area contributed by atoms with Crippen LogP contribution in [0, 0.1) is 12.7 Å². The predicted octanol–water partition coefficient (Wildman–Crippen LogP) is 3.08. The molecule has 0 radical (unpaired) electrons. The fourth-order valence-electron chi connectivity index (χ4n) is 2.07. The van der Waals surface area contributed by atoms with Gasteiger partial charge in [0.1, 0.15) is 17.2 Å². The van der Waals surface area contributed by atoms with Crippen molar-refractivity contribution in [1.29, 1.82) is 0 Å². The van der Waals surface area contributed by atoms with Crippen LogP contribution in [-0.4, -0.2) is 20.3 Å². The van der Waals surface area contributed by atoms with Gasteiger partial charge < -0.3 is 5.32 Å². The molecule has 3 rings (SSSR count). The molecule has 3 aromatic heterocycles. The molecular formula is C14H10ClFN4O. The monoisotopic (exact) mass is 304 g/mol. The van der Waals surface area contributed by atoms with Crippen LogP contribution < -0.4 is 5.32 Å². The second-order valence-electron chi connectivity index (χ2n) is 4.42. The highest BCUT2D eigenvalue weighted by molar-refractivity contribution is 6.32. The van der Waals surface area contributed by atoms with Gasteiger partial charge in [-0.1, -0.05) is 11.6 Å². The van der Waals surface area contributed by atoms with Crippen molar-refractivity contribution in [3.63, 3.8) is 0 Å². The van der Waals surface area contributed by atoms with Gasteiger partial charge in [0.25, 0.3) is 5.91 Å². The van der Waals surface area contributed by atoms with Crippen molar-refractivity contribution in [1.82, 2.24) is 14.4 Å². The quantitative estimate of drug-likeness (QED) is 0.740. The van der Waals surface area contributed by atoms with Gasteiger partial charge in [0.15, 0.2) is 5.15 Å². The van der Waals surface area contributed by atoms with E-state index in [0.29, 0.717) is 17.0 Å². The Balaban J connectivity index is 2.04. The third-order valence-corrected chi connectivity index (χ3v) is 3.28. The van der Waals surface area contributed by atoms with Crippen LogP contribution in [-0.2, 0) is 0 Å². The number of carbonyl (C=O) groups is 1. The first kappa shape index (κ1) is 13.5. The van der Waals surface area contributed by atoms with Gasteiger partial charge in [-0.15, -0.1) is 0 Å². The Bertz CT molecular complexity index is 846. The molecule has 0 saturated carbocycles. The largest absolute Gasteiger partial charge is 0.318 e. The minimum atomic E-state index is -0.451. The molecule has 0 atom stereocenters. The molecule has 0 aliphatic heterocycles. The Morgan fingerprint density at radius 2 is 2.19 bits per heavy atom. The summed E-state index contributed by atoms with van der Waals surface area (Å²) in [5.74, 6) is -0.881. The summed E-state index contributed by atoms with van der Waals surface area (Å²) >= 11 is 5.90. The summed E-state index contributed by atoms with van der Waals surface area (Å²) < 4.78 is 14.8. The van der Waals surface area contributed by atoms with Gasteiger partial charge >= 0.3 is 0 Å². The molecule has 0 saturated heterocycles. The van der Waals surface area contributed by atoms with Gasteiger partial charge in [-0.2, -0.15) is 0 Å². The molecule has 0 unspecified atom stereocenters. The minimum absolute atomic E-state index is 0.184. The summed E-state index contributed by atoms with van der Waals surface area (Å²) in [4.78, 5) is 20.5. The van der Waals surface area contributed by atoms with E-state index in [-0.39, 0.29) is 10.8 Å².